The molecule has 6 N–H and O–H groups in total. The lowest BCUT2D eigenvalue weighted by Crippen LogP contribution is -2.65. The van der Waals surface area contributed by atoms with Crippen molar-refractivity contribution in [2.45, 2.75) is 45.3 Å². The lowest BCUT2D eigenvalue weighted by atomic mass is 9.57. The molecule has 0 spiro atoms. The fourth-order valence-corrected chi connectivity index (χ4v) is 6.48. The van der Waals surface area contributed by atoms with Crippen LogP contribution < -0.4 is 5.73 Å². The van der Waals surface area contributed by atoms with Crippen LogP contribution in [0.25, 0.3) is 11.8 Å². The summed E-state index contributed by atoms with van der Waals surface area (Å²) in [5.74, 6) is -9.02. The normalized spacial score (nSPS) is 25.1. The van der Waals surface area contributed by atoms with E-state index >= 15 is 0 Å². The minimum absolute atomic E-state index is 0.00541. The van der Waals surface area contributed by atoms with Crippen molar-refractivity contribution in [1.82, 2.24) is 4.90 Å². The van der Waals surface area contributed by atoms with Gasteiger partial charge in [-0.2, -0.15) is 0 Å². The van der Waals surface area contributed by atoms with Gasteiger partial charge in [0.2, 0.25) is 5.78 Å². The van der Waals surface area contributed by atoms with Gasteiger partial charge in [-0.05, 0) is 83.0 Å². The van der Waals surface area contributed by atoms with E-state index in [0.29, 0.717) is 11.1 Å². The van der Waals surface area contributed by atoms with Crippen molar-refractivity contribution < 1.29 is 53.9 Å². The number of hydrogen-bond acceptors (Lipinski definition) is 12. The molecule has 1 amide bonds. The zero-order chi connectivity index (χ0) is 33.5. The van der Waals surface area contributed by atoms with Crippen LogP contribution in [0.3, 0.4) is 0 Å². The highest BCUT2D eigenvalue weighted by Crippen LogP contribution is 2.53. The van der Waals surface area contributed by atoms with E-state index in [4.69, 9.17) is 15.2 Å². The molecule has 13 heteroatoms. The number of ketones is 2. The monoisotopic (exact) mass is 624 g/mol. The van der Waals surface area contributed by atoms with Crippen LogP contribution in [0.4, 0.5) is 0 Å². The number of aliphatic hydroxyl groups is 3. The molecule has 3 aliphatic carbocycles. The highest BCUT2D eigenvalue weighted by Gasteiger charge is 2.64. The molecule has 1 aromatic rings. The largest absolute Gasteiger partial charge is 0.508 e. The number of benzene rings is 1. The van der Waals surface area contributed by atoms with Crippen LogP contribution in [0.5, 0.6) is 5.75 Å². The third kappa shape index (κ3) is 5.42. The van der Waals surface area contributed by atoms with Crippen molar-refractivity contribution in [3.8, 4) is 5.75 Å². The fraction of sp³-hybridized carbons (Fsp3) is 0.406. The van der Waals surface area contributed by atoms with Crippen LogP contribution in [-0.4, -0.2) is 93.7 Å². The van der Waals surface area contributed by atoms with Gasteiger partial charge in [0.25, 0.3) is 5.91 Å². The van der Waals surface area contributed by atoms with Crippen LogP contribution >= 0.6 is 0 Å². The van der Waals surface area contributed by atoms with Crippen molar-refractivity contribution >= 4 is 41.2 Å². The van der Waals surface area contributed by atoms with Gasteiger partial charge in [-0.1, -0.05) is 6.07 Å². The number of carbonyl (C=O) groups is 5. The van der Waals surface area contributed by atoms with Crippen molar-refractivity contribution in [2.75, 3.05) is 27.3 Å². The molecule has 0 heterocycles. The Morgan fingerprint density at radius 3 is 2.27 bits per heavy atom. The second kappa shape index (κ2) is 12.3. The first-order valence-electron chi connectivity index (χ1n) is 14.3. The van der Waals surface area contributed by atoms with Gasteiger partial charge in [-0.3, -0.25) is 19.3 Å². The van der Waals surface area contributed by atoms with Gasteiger partial charge < -0.3 is 35.6 Å². The summed E-state index contributed by atoms with van der Waals surface area (Å²) in [5.41, 5.74) is 2.02. The summed E-state index contributed by atoms with van der Waals surface area (Å²) >= 11 is 0. The van der Waals surface area contributed by atoms with E-state index in [1.54, 1.807) is 13.8 Å². The van der Waals surface area contributed by atoms with Gasteiger partial charge in [0.05, 0.1) is 30.4 Å². The zero-order valence-corrected chi connectivity index (χ0v) is 25.5. The Kier molecular flexibility index (Phi) is 9.08. The van der Waals surface area contributed by atoms with Crippen LogP contribution in [0.2, 0.25) is 0 Å². The maximum atomic E-state index is 14.0. The minimum Gasteiger partial charge on any atom is -0.508 e. The predicted octanol–water partition coefficient (Wildman–Crippen LogP) is 1.42. The molecule has 1 aromatic carbocycles. The first-order chi connectivity index (χ1) is 21.1. The van der Waals surface area contributed by atoms with Gasteiger partial charge in [0, 0.05) is 17.1 Å². The number of aliphatic hydroxyl groups excluding tert-OH is 2. The summed E-state index contributed by atoms with van der Waals surface area (Å²) < 4.78 is 10.2. The summed E-state index contributed by atoms with van der Waals surface area (Å²) in [6.07, 6.45) is 2.62. The Morgan fingerprint density at radius 2 is 1.69 bits per heavy atom. The molecule has 3 aliphatic rings. The van der Waals surface area contributed by atoms with Gasteiger partial charge >= 0.3 is 11.9 Å². The Morgan fingerprint density at radius 1 is 1.07 bits per heavy atom. The molecule has 0 aromatic heterocycles. The van der Waals surface area contributed by atoms with E-state index in [1.807, 2.05) is 0 Å². The van der Waals surface area contributed by atoms with E-state index in [9.17, 15) is 44.4 Å². The lowest BCUT2D eigenvalue weighted by molar-refractivity contribution is -0.153. The lowest BCUT2D eigenvalue weighted by Gasteiger charge is -2.50. The molecule has 0 bridgehead atoms. The number of Topliss-reactive ketones (excluding diaryl/α,β-unsaturated/α-hetero) is 2. The number of fused-ring (bicyclic) bond motifs is 3. The number of likely N-dealkylation sites (N-methyl/N-ethyl adjacent to an activating group) is 1. The second-order valence-corrected chi connectivity index (χ2v) is 11.4. The first kappa shape index (κ1) is 33.1. The number of phenols is 1. The van der Waals surface area contributed by atoms with Crippen molar-refractivity contribution in [2.24, 2.45) is 17.6 Å². The Hall–Kier alpha value is -4.75. The molecule has 1 fully saturated rings. The molecule has 4 rings (SSSR count). The molecule has 0 saturated heterocycles. The number of ether oxygens (including phenoxy) is 2. The third-order valence-electron chi connectivity index (χ3n) is 8.43. The van der Waals surface area contributed by atoms with Gasteiger partial charge in [-0.25, -0.2) is 9.59 Å². The molecular weight excluding hydrogens is 588 g/mol. The van der Waals surface area contributed by atoms with Gasteiger partial charge in [-0.15, -0.1) is 0 Å². The highest BCUT2D eigenvalue weighted by atomic mass is 16.5. The summed E-state index contributed by atoms with van der Waals surface area (Å²) in [6, 6.07) is 1.50. The standard InChI is InChI=1S/C32H36N2O11/c1-6-44-30(41)14(3)10-17(31(42)45-7-2)11-15-8-9-20(35)22-18(15)12-16-13-19-24(34(4)5)26(37)23(29(33)40)28(39)32(19,43)27(38)21(16)25(22)36/h8-11,16,19,24,35-36,39,43H,6-7,12-13H2,1-5H3,(H2,33,40)/b14-10+,17-11-/t16-,19-,24-,32-/m0/s1. The maximum Gasteiger partial charge on any atom is 0.338 e. The molecule has 0 unspecified atom stereocenters. The molecule has 45 heavy (non-hydrogen) atoms. The number of hydrogen-bond donors (Lipinski definition) is 5. The fourth-order valence-electron chi connectivity index (χ4n) is 6.48. The number of aromatic hydroxyl groups is 1. The Bertz CT molecular complexity index is 1630. The van der Waals surface area contributed by atoms with Crippen LogP contribution in [-0.2, 0) is 39.9 Å². The van der Waals surface area contributed by atoms with E-state index in [2.05, 4.69) is 0 Å². The van der Waals surface area contributed by atoms with Crippen LogP contribution in [0.1, 0.15) is 43.9 Å². The summed E-state index contributed by atoms with van der Waals surface area (Å²) in [4.78, 5) is 66.0. The van der Waals surface area contributed by atoms with Crippen molar-refractivity contribution in [1.29, 1.82) is 0 Å². The van der Waals surface area contributed by atoms with Gasteiger partial charge in [0.1, 0.15) is 22.8 Å². The van der Waals surface area contributed by atoms with E-state index < -0.39 is 75.7 Å². The van der Waals surface area contributed by atoms with E-state index in [1.165, 1.54) is 50.2 Å². The van der Waals surface area contributed by atoms with Crippen LogP contribution in [0, 0.1) is 11.8 Å². The van der Waals surface area contributed by atoms with Crippen molar-refractivity contribution in [3.63, 3.8) is 0 Å². The number of nitrogens with zero attached hydrogens (tertiary/aromatic N) is 1. The molecule has 13 nitrogen and oxygen atoms in total. The predicted molar refractivity (Wildman–Crippen MR) is 159 cm³/mol. The SMILES string of the molecule is CCOC(=O)C(=C\c1ccc(O)c2c1C[C@H]1C[C@H]3[C@H](N(C)C)C(=O)C(C(N)=O)=C(O)[C@@]3(O)C(=O)C1=C2O)/C=C(\C)C(=O)OCC. The first-order valence-corrected chi connectivity index (χ1v) is 14.3. The smallest absolute Gasteiger partial charge is 0.338 e. The molecule has 1 saturated carbocycles. The number of amides is 1. The summed E-state index contributed by atoms with van der Waals surface area (Å²) in [7, 11) is 3.02. The Balaban J connectivity index is 1.93. The molecular formula is C32H36N2O11. The average Bonchev–Trinajstić information content (AvgIpc) is 2.95. The number of rotatable bonds is 8. The molecule has 0 aliphatic heterocycles. The summed E-state index contributed by atoms with van der Waals surface area (Å²) in [5, 5.41) is 45.0. The molecule has 0 radical (unpaired) electrons. The molecule has 4 atom stereocenters. The number of esters is 2. The minimum atomic E-state index is -2.76. The second-order valence-electron chi connectivity index (χ2n) is 11.4. The number of primary amides is 1. The highest BCUT2D eigenvalue weighted by molar-refractivity contribution is 6.24. The number of nitrogens with two attached hydrogens (primary N) is 1. The quantitative estimate of drug-likeness (QED) is 0.120. The molecule has 240 valence electrons. The Labute approximate surface area is 258 Å². The third-order valence-corrected chi connectivity index (χ3v) is 8.43. The maximum absolute atomic E-state index is 14.0. The zero-order valence-electron chi connectivity index (χ0n) is 25.5. The van der Waals surface area contributed by atoms with Crippen LogP contribution in [0.15, 0.2) is 46.3 Å². The number of phenolic OH excluding ortho intramolecular Hbond substituents is 1. The average molecular weight is 625 g/mol. The van der Waals surface area contributed by atoms with Gasteiger partial charge in [0.15, 0.2) is 11.4 Å². The van der Waals surface area contributed by atoms with E-state index in [-0.39, 0.29) is 48.3 Å². The van der Waals surface area contributed by atoms with Crippen molar-refractivity contribution in [3.05, 3.63) is 63.0 Å². The summed E-state index contributed by atoms with van der Waals surface area (Å²) in [6.45, 7) is 4.88. The number of carbonyl (C=O) groups excluding carboxylic acids is 5. The topological polar surface area (TPSA) is 214 Å². The van der Waals surface area contributed by atoms with E-state index in [0.717, 1.165) is 0 Å².